The van der Waals surface area contributed by atoms with Crippen molar-refractivity contribution in [2.24, 2.45) is 0 Å². The Morgan fingerprint density at radius 1 is 0.278 bits per heavy atom. The molecule has 3 atom stereocenters. The van der Waals surface area contributed by atoms with Gasteiger partial charge in [-0.25, -0.2) is 127 Å². The smallest absolute Gasteiger partial charge is 0.345 e. The largest absolute Gasteiger partial charge is 0.647 e. The predicted octanol–water partition coefficient (Wildman–Crippen LogP) is 20.9. The molecule has 0 bridgehead atoms. The first-order valence-corrected chi connectivity index (χ1v) is 28.4. The van der Waals surface area contributed by atoms with Crippen molar-refractivity contribution in [2.75, 3.05) is 0 Å². The summed E-state index contributed by atoms with van der Waals surface area (Å²) in [4.78, 5) is 0. The third kappa shape index (κ3) is 9.50. The zero-order valence-corrected chi connectivity index (χ0v) is 48.9. The summed E-state index contributed by atoms with van der Waals surface area (Å²) in [6.45, 7) is 0. The molecule has 0 amide bonds. The van der Waals surface area contributed by atoms with Crippen LogP contribution in [0.4, 0.5) is 211 Å². The second-order valence-electron chi connectivity index (χ2n) is 22.2. The molecular formula is C55BF48O3Si. The van der Waals surface area contributed by atoms with Crippen molar-refractivity contribution < 1.29 is 225 Å². The minimum absolute atomic E-state index is 1.70. The lowest BCUT2D eigenvalue weighted by Crippen LogP contribution is -2.81. The van der Waals surface area contributed by atoms with Crippen LogP contribution in [0.3, 0.4) is 0 Å². The van der Waals surface area contributed by atoms with Crippen LogP contribution in [-0.2, 0) is 37.2 Å². The summed E-state index contributed by atoms with van der Waals surface area (Å²) in [5.74, 6) is -153. The molecule has 0 fully saturated rings. The first-order chi connectivity index (χ1) is 48.8. The second kappa shape index (κ2) is 23.3. The van der Waals surface area contributed by atoms with Crippen LogP contribution < -0.4 is 5.19 Å². The number of halogens is 48. The molecule has 0 spiro atoms. The third-order valence-electron chi connectivity index (χ3n) is 16.9. The van der Waals surface area contributed by atoms with E-state index in [0.29, 0.717) is 0 Å². The number of rotatable bonds is 9. The first kappa shape index (κ1) is 80.1. The zero-order valence-electron chi connectivity index (χ0n) is 47.9. The van der Waals surface area contributed by atoms with Crippen LogP contribution in [0.5, 0.6) is 0 Å². The highest BCUT2D eigenvalue weighted by atomic mass is 28.3. The van der Waals surface area contributed by atoms with Crippen molar-refractivity contribution in [1.29, 1.82) is 0 Å². The van der Waals surface area contributed by atoms with Gasteiger partial charge < -0.3 is 14.0 Å². The van der Waals surface area contributed by atoms with E-state index in [0.717, 1.165) is 0 Å². The van der Waals surface area contributed by atoms with E-state index in [9.17, 15) is 17.6 Å². The average molecular weight is 1660 g/mol. The topological polar surface area (TPSA) is 27.7 Å². The molecule has 0 heterocycles. The summed E-state index contributed by atoms with van der Waals surface area (Å²) in [5.41, 5.74) is -80.0. The number of fused-ring (bicyclic) bond motifs is 8. The maximum Gasteiger partial charge on any atom is 0.647 e. The molecule has 0 saturated heterocycles. The van der Waals surface area contributed by atoms with Gasteiger partial charge in [-0.2, -0.15) is 83.4 Å². The van der Waals surface area contributed by atoms with Crippen molar-refractivity contribution >= 4 is 32.2 Å². The second-order valence-corrected chi connectivity index (χ2v) is 26.1. The van der Waals surface area contributed by atoms with Crippen molar-refractivity contribution in [1.82, 2.24) is 0 Å². The van der Waals surface area contributed by atoms with E-state index in [1.165, 1.54) is 0 Å². The van der Waals surface area contributed by atoms with Crippen LogP contribution in [0.15, 0.2) is 28.4 Å². The minimum atomic E-state index is -13.4. The molecular weight excluding hydrogens is 1660 g/mol. The van der Waals surface area contributed by atoms with Gasteiger partial charge in [-0.1, -0.05) is 0 Å². The van der Waals surface area contributed by atoms with Gasteiger partial charge >= 0.3 is 51.7 Å². The van der Waals surface area contributed by atoms with Crippen molar-refractivity contribution in [2.45, 2.75) is 64.6 Å². The molecule has 108 heavy (non-hydrogen) atoms. The van der Waals surface area contributed by atoms with E-state index < -0.39 is 332 Å². The van der Waals surface area contributed by atoms with E-state index in [2.05, 4.69) is 14.0 Å². The molecule has 11 rings (SSSR count). The standard InChI is InChI=1S/C55BF48O3Si/c57-17-3-4-12(27(67)38(78)32(72)18(4)58)47(84,11(3)26(66)37(77)31(17)71)105-56(106-48(85)13-5(19(59)33(73)39(79)28(13)68)6-14(48)29(69)40(80)34(74)20(6)60)107-49(86)15-8(24(64)44(49)82)21(61)30(70)16(46(83)10-7(23(63)43(46)81)22(62)35(75)36(76)25(10)65)41(15)108(54(99,100)101,55(102,103)104)45(53(96,97)98)1-2(50(87,88)89)9(51(90,91)92)42(45)52(93,94)95. The summed E-state index contributed by atoms with van der Waals surface area (Å²) >= 11 is 0. The molecule has 1 radical (unpaired) electrons. The zero-order chi connectivity index (χ0) is 82.2. The Hall–Kier alpha value is -8.92. The molecule has 0 N–H and O–H groups in total. The van der Waals surface area contributed by atoms with Gasteiger partial charge in [-0.15, -0.1) is 0 Å². The Bertz CT molecular complexity index is 4960. The molecule has 581 valence electrons. The lowest BCUT2D eigenvalue weighted by molar-refractivity contribution is -0.190. The van der Waals surface area contributed by atoms with Crippen LogP contribution in [0.1, 0.15) is 50.1 Å². The summed E-state index contributed by atoms with van der Waals surface area (Å²) in [6.07, 6.45) is -37.4. The molecule has 3 unspecified atom stereocenters. The van der Waals surface area contributed by atoms with E-state index in [4.69, 9.17) is 0 Å². The molecule has 0 saturated carbocycles. The van der Waals surface area contributed by atoms with Gasteiger partial charge in [0.15, 0.2) is 145 Å². The first-order valence-electron chi connectivity index (χ1n) is 26.4. The van der Waals surface area contributed by atoms with Crippen LogP contribution in [0.2, 0.25) is 5.04 Å². The maximum atomic E-state index is 19.5. The minimum Gasteiger partial charge on any atom is -0.345 e. The van der Waals surface area contributed by atoms with Gasteiger partial charge in [0.1, 0.15) is 5.04 Å². The van der Waals surface area contributed by atoms with Gasteiger partial charge in [0, 0.05) is 33.4 Å². The van der Waals surface area contributed by atoms with Crippen molar-refractivity contribution in [3.63, 3.8) is 0 Å². The summed E-state index contributed by atoms with van der Waals surface area (Å²) < 4.78 is 791. The van der Waals surface area contributed by atoms with E-state index in [-0.39, 0.29) is 0 Å². The maximum absolute atomic E-state index is 19.5. The van der Waals surface area contributed by atoms with Gasteiger partial charge in [-0.05, 0) is 11.3 Å². The Balaban J connectivity index is 1.44. The fourth-order valence-corrected chi connectivity index (χ4v) is 17.8. The highest BCUT2D eigenvalue weighted by molar-refractivity contribution is 6.99. The lowest BCUT2D eigenvalue weighted by Gasteiger charge is -2.51. The molecule has 0 aliphatic heterocycles. The summed E-state index contributed by atoms with van der Waals surface area (Å²) in [6, 6.07) is 0. The monoisotopic (exact) mass is 1660 g/mol. The number of hydrogen-bond donors (Lipinski definition) is 0. The van der Waals surface area contributed by atoms with E-state index in [1.54, 1.807) is 0 Å². The van der Waals surface area contributed by atoms with Crippen LogP contribution >= 0.6 is 0 Å². The number of benzene rings is 6. The van der Waals surface area contributed by atoms with E-state index in [1.807, 2.05) is 0 Å². The summed E-state index contributed by atoms with van der Waals surface area (Å²) in [7, 11) is -20.2. The predicted molar refractivity (Wildman–Crippen MR) is 250 cm³/mol. The number of allylic oxidation sites excluding steroid dienone is 5. The molecule has 6 aromatic rings. The number of alkyl halides is 22. The Morgan fingerprint density at radius 3 is 0.843 bits per heavy atom. The van der Waals surface area contributed by atoms with Gasteiger partial charge in [0.25, 0.3) is 17.6 Å². The van der Waals surface area contributed by atoms with Crippen molar-refractivity contribution in [3.8, 4) is 22.3 Å². The lowest BCUT2D eigenvalue weighted by atomic mass is 9.85. The average Bonchev–Trinajstić information content (AvgIpc) is 1.32. The molecule has 5 aliphatic carbocycles. The summed E-state index contributed by atoms with van der Waals surface area (Å²) in [5, 5.41) is -16.0. The van der Waals surface area contributed by atoms with Gasteiger partial charge in [0.05, 0.1) is 55.7 Å². The Morgan fingerprint density at radius 2 is 0.546 bits per heavy atom. The van der Waals surface area contributed by atoms with Gasteiger partial charge in [-0.3, -0.25) is 0 Å². The van der Waals surface area contributed by atoms with Crippen LogP contribution in [0.25, 0.3) is 33.9 Å². The van der Waals surface area contributed by atoms with E-state index >= 15 is 193 Å². The highest BCUT2D eigenvalue weighted by Crippen LogP contribution is 2.76. The quantitative estimate of drug-likeness (QED) is 0.0625. The molecule has 5 aliphatic rings. The molecule has 0 aromatic heterocycles. The molecule has 53 heteroatoms. The van der Waals surface area contributed by atoms with Crippen LogP contribution in [0, 0.1) is 134 Å². The fourth-order valence-electron chi connectivity index (χ4n) is 13.0. The van der Waals surface area contributed by atoms with Gasteiger partial charge in [0.2, 0.25) is 11.5 Å². The highest BCUT2D eigenvalue weighted by Gasteiger charge is 2.95. The van der Waals surface area contributed by atoms with Crippen molar-refractivity contribution in [3.05, 3.63) is 212 Å². The van der Waals surface area contributed by atoms with Crippen LogP contribution in [-0.4, -0.2) is 51.7 Å². The third-order valence-corrected chi connectivity index (χ3v) is 21.7. The fraction of sp³-hybridized carbons (Fsp3) is 0.200. The molecule has 3 nitrogen and oxygen atoms in total. The Kier molecular flexibility index (Phi) is 17.3. The molecule has 6 aromatic carbocycles. The number of hydrogen-bond acceptors (Lipinski definition) is 3. The SMILES string of the molecule is FC1=C(F)C(F)(OB(OC2(F)c3c(F)c(F)c(F)c(F)c3-c3c(F)c(F)c(F)c(F)c32)OC2(F)c3c(F)c(F)c(F)c(F)c3-c3c(F)c(F)c(F)c(F)c32)c2c1c(F)c(F)c(C1(F)C(F)=C(F)c3c(F)c(F)c(F)c(F)c31)c2[Si](C(F)(F)F)(C(F)(F)F)C1(C(F)(F)F)[C]=C(C(F)(F)F)C(C(F)(F)F)=C1C(F)(F)F. The Labute approximate surface area is 555 Å². The normalized spacial score (nSPS) is 20.5.